The second-order valence-corrected chi connectivity index (χ2v) is 3.29. The van der Waals surface area contributed by atoms with Crippen LogP contribution in [-0.2, 0) is 9.47 Å². The monoisotopic (exact) mass is 190 g/mol. The summed E-state index contributed by atoms with van der Waals surface area (Å²) in [5.74, 6) is 0. The number of aliphatic hydroxyl groups is 1. The zero-order chi connectivity index (χ0) is 10.1. The number of hydrogen-bond donors (Lipinski definition) is 1. The second kappa shape index (κ2) is 8.48. The Balaban J connectivity index is 3.42. The smallest absolute Gasteiger partial charge is 0.159 e. The van der Waals surface area contributed by atoms with Crippen molar-refractivity contribution in [3.8, 4) is 0 Å². The summed E-state index contributed by atoms with van der Waals surface area (Å²) in [7, 11) is 3.18. The van der Waals surface area contributed by atoms with Gasteiger partial charge in [0.15, 0.2) is 6.29 Å². The minimum Gasteiger partial charge on any atom is -0.393 e. The van der Waals surface area contributed by atoms with Crippen LogP contribution in [0.15, 0.2) is 0 Å². The highest BCUT2D eigenvalue weighted by Gasteiger charge is 2.12. The fourth-order valence-electron chi connectivity index (χ4n) is 1.26. The van der Waals surface area contributed by atoms with Crippen molar-refractivity contribution in [2.45, 2.75) is 51.4 Å². The Morgan fingerprint density at radius 1 is 1.15 bits per heavy atom. The normalized spacial score (nSPS) is 13.6. The van der Waals surface area contributed by atoms with Gasteiger partial charge in [0.05, 0.1) is 6.10 Å². The summed E-state index contributed by atoms with van der Waals surface area (Å²) >= 11 is 0. The van der Waals surface area contributed by atoms with Crippen molar-refractivity contribution in [2.75, 3.05) is 14.2 Å². The van der Waals surface area contributed by atoms with Crippen LogP contribution in [0, 0.1) is 0 Å². The van der Waals surface area contributed by atoms with Crippen LogP contribution < -0.4 is 0 Å². The molecule has 0 rings (SSSR count). The quantitative estimate of drug-likeness (QED) is 0.469. The van der Waals surface area contributed by atoms with Crippen molar-refractivity contribution in [3.63, 3.8) is 0 Å². The molecule has 1 atom stereocenters. The first kappa shape index (κ1) is 12.9. The van der Waals surface area contributed by atoms with Gasteiger partial charge in [-0.15, -0.1) is 0 Å². The first-order chi connectivity index (χ1) is 6.24. The van der Waals surface area contributed by atoms with Gasteiger partial charge in [0.2, 0.25) is 0 Å². The Kier molecular flexibility index (Phi) is 8.40. The molecule has 0 radical (unpaired) electrons. The molecule has 3 heteroatoms. The molecular formula is C10H22O3. The summed E-state index contributed by atoms with van der Waals surface area (Å²) in [5.41, 5.74) is 0. The molecule has 80 valence electrons. The van der Waals surface area contributed by atoms with Crippen molar-refractivity contribution >= 4 is 0 Å². The molecule has 0 saturated heterocycles. The van der Waals surface area contributed by atoms with E-state index in [4.69, 9.17) is 9.47 Å². The van der Waals surface area contributed by atoms with E-state index in [-0.39, 0.29) is 12.4 Å². The van der Waals surface area contributed by atoms with E-state index in [0.717, 1.165) is 12.8 Å². The number of aliphatic hydroxyl groups excluding tert-OH is 1. The Labute approximate surface area is 81.0 Å². The molecule has 0 amide bonds. The molecule has 0 spiro atoms. The van der Waals surface area contributed by atoms with Crippen LogP contribution >= 0.6 is 0 Å². The third-order valence-electron chi connectivity index (χ3n) is 2.13. The number of ether oxygens (including phenoxy) is 2. The summed E-state index contributed by atoms with van der Waals surface area (Å²) in [4.78, 5) is 0. The molecule has 0 aromatic carbocycles. The number of hydrogen-bond acceptors (Lipinski definition) is 3. The molecule has 0 heterocycles. The largest absolute Gasteiger partial charge is 0.393 e. The maximum absolute atomic E-state index is 9.55. The van der Waals surface area contributed by atoms with E-state index in [1.807, 2.05) is 0 Å². The molecule has 0 aromatic heterocycles. The van der Waals surface area contributed by atoms with Crippen molar-refractivity contribution in [2.24, 2.45) is 0 Å². The highest BCUT2D eigenvalue weighted by atomic mass is 16.7. The minimum atomic E-state index is -0.295. The van der Waals surface area contributed by atoms with Gasteiger partial charge in [-0.2, -0.15) is 0 Å². The van der Waals surface area contributed by atoms with Crippen LogP contribution in [0.4, 0.5) is 0 Å². The van der Waals surface area contributed by atoms with Crippen molar-refractivity contribution in [3.05, 3.63) is 0 Å². The van der Waals surface area contributed by atoms with Gasteiger partial charge in [0.25, 0.3) is 0 Å². The number of unbranched alkanes of at least 4 members (excludes halogenated alkanes) is 2. The fourth-order valence-corrected chi connectivity index (χ4v) is 1.26. The lowest BCUT2D eigenvalue weighted by atomic mass is 10.1. The molecule has 0 aromatic rings. The van der Waals surface area contributed by atoms with Crippen molar-refractivity contribution < 1.29 is 14.6 Å². The molecule has 1 N–H and O–H groups in total. The number of methoxy groups -OCH3 is 2. The topological polar surface area (TPSA) is 38.7 Å². The van der Waals surface area contributed by atoms with Crippen LogP contribution in [0.3, 0.4) is 0 Å². The molecule has 0 aliphatic heterocycles. The van der Waals surface area contributed by atoms with E-state index in [9.17, 15) is 5.11 Å². The van der Waals surface area contributed by atoms with Gasteiger partial charge in [-0.05, 0) is 6.42 Å². The highest BCUT2D eigenvalue weighted by Crippen LogP contribution is 2.10. The van der Waals surface area contributed by atoms with Crippen LogP contribution in [-0.4, -0.2) is 31.7 Å². The Morgan fingerprint density at radius 2 is 1.77 bits per heavy atom. The summed E-state index contributed by atoms with van der Waals surface area (Å²) in [6.07, 6.45) is 4.30. The maximum atomic E-state index is 9.55. The molecule has 3 nitrogen and oxygen atoms in total. The Hall–Kier alpha value is -0.120. The Bertz CT molecular complexity index is 102. The molecule has 0 saturated carbocycles. The lowest BCUT2D eigenvalue weighted by Gasteiger charge is -2.17. The van der Waals surface area contributed by atoms with Crippen LogP contribution in [0.5, 0.6) is 0 Å². The first-order valence-corrected chi connectivity index (χ1v) is 4.98. The van der Waals surface area contributed by atoms with E-state index >= 15 is 0 Å². The molecule has 13 heavy (non-hydrogen) atoms. The second-order valence-electron chi connectivity index (χ2n) is 3.29. The highest BCUT2D eigenvalue weighted by molar-refractivity contribution is 4.58. The first-order valence-electron chi connectivity index (χ1n) is 4.98. The van der Waals surface area contributed by atoms with E-state index in [0.29, 0.717) is 6.42 Å². The van der Waals surface area contributed by atoms with Crippen LogP contribution in [0.2, 0.25) is 0 Å². The summed E-state index contributed by atoms with van der Waals surface area (Å²) in [6.45, 7) is 2.15. The minimum absolute atomic E-state index is 0.267. The van der Waals surface area contributed by atoms with Gasteiger partial charge in [0.1, 0.15) is 0 Å². The van der Waals surface area contributed by atoms with Crippen LogP contribution in [0.25, 0.3) is 0 Å². The zero-order valence-corrected chi connectivity index (χ0v) is 8.95. The van der Waals surface area contributed by atoms with E-state index in [1.165, 1.54) is 12.8 Å². The summed E-state index contributed by atoms with van der Waals surface area (Å²) in [5, 5.41) is 9.55. The predicted octanol–water partition coefficient (Wildman–Crippen LogP) is 1.94. The van der Waals surface area contributed by atoms with Gasteiger partial charge < -0.3 is 14.6 Å². The molecule has 0 aliphatic rings. The van der Waals surface area contributed by atoms with Gasteiger partial charge in [0, 0.05) is 20.6 Å². The Morgan fingerprint density at radius 3 is 2.23 bits per heavy atom. The van der Waals surface area contributed by atoms with Crippen LogP contribution in [0.1, 0.15) is 39.0 Å². The number of rotatable bonds is 8. The van der Waals surface area contributed by atoms with Gasteiger partial charge >= 0.3 is 0 Å². The third kappa shape index (κ3) is 6.99. The lowest BCUT2D eigenvalue weighted by molar-refractivity contribution is -0.123. The molecule has 1 unspecified atom stereocenters. The summed E-state index contributed by atoms with van der Waals surface area (Å²) in [6, 6.07) is 0. The van der Waals surface area contributed by atoms with Gasteiger partial charge in [-0.3, -0.25) is 0 Å². The SMILES string of the molecule is CCCCCC(O)CC(OC)OC. The van der Waals surface area contributed by atoms with E-state index < -0.39 is 0 Å². The maximum Gasteiger partial charge on any atom is 0.159 e. The molecule has 0 aliphatic carbocycles. The zero-order valence-electron chi connectivity index (χ0n) is 8.95. The molecular weight excluding hydrogens is 168 g/mol. The predicted molar refractivity (Wildman–Crippen MR) is 52.6 cm³/mol. The average molecular weight is 190 g/mol. The van der Waals surface area contributed by atoms with Crippen molar-refractivity contribution in [1.82, 2.24) is 0 Å². The van der Waals surface area contributed by atoms with E-state index in [1.54, 1.807) is 14.2 Å². The van der Waals surface area contributed by atoms with E-state index in [2.05, 4.69) is 6.92 Å². The average Bonchev–Trinajstić information content (AvgIpc) is 2.14. The fraction of sp³-hybridized carbons (Fsp3) is 1.00. The van der Waals surface area contributed by atoms with Crippen molar-refractivity contribution in [1.29, 1.82) is 0 Å². The van der Waals surface area contributed by atoms with Gasteiger partial charge in [-0.25, -0.2) is 0 Å². The van der Waals surface area contributed by atoms with Gasteiger partial charge in [-0.1, -0.05) is 26.2 Å². The summed E-state index contributed by atoms with van der Waals surface area (Å²) < 4.78 is 9.99. The third-order valence-corrected chi connectivity index (χ3v) is 2.13. The molecule has 0 bridgehead atoms. The standard InChI is InChI=1S/C10H22O3/c1-4-5-6-7-9(11)8-10(12-2)13-3/h9-11H,4-8H2,1-3H3. The lowest BCUT2D eigenvalue weighted by Crippen LogP contribution is -2.21. The molecule has 0 fully saturated rings.